The molecule has 0 fully saturated rings. The van der Waals surface area contributed by atoms with Crippen molar-refractivity contribution >= 4 is 5.84 Å². The third-order valence-electron chi connectivity index (χ3n) is 1.51. The van der Waals surface area contributed by atoms with Crippen molar-refractivity contribution in [3.63, 3.8) is 0 Å². The molecule has 3 nitrogen and oxygen atoms in total. The zero-order chi connectivity index (χ0) is 8.97. The molecule has 3 heteroatoms. The third-order valence-corrected chi connectivity index (χ3v) is 1.51. The van der Waals surface area contributed by atoms with Crippen molar-refractivity contribution in [1.29, 1.82) is 0 Å². The molecule has 0 aliphatic carbocycles. The van der Waals surface area contributed by atoms with E-state index in [1.54, 1.807) is 13.1 Å². The van der Waals surface area contributed by atoms with Gasteiger partial charge in [0.1, 0.15) is 0 Å². The first-order valence-electron chi connectivity index (χ1n) is 3.91. The van der Waals surface area contributed by atoms with Crippen molar-refractivity contribution in [2.75, 3.05) is 0 Å². The van der Waals surface area contributed by atoms with Crippen LogP contribution < -0.4 is 5.73 Å². The van der Waals surface area contributed by atoms with Crippen LogP contribution in [0.4, 0.5) is 0 Å². The molecule has 0 radical (unpaired) electrons. The number of nitrogens with two attached hydrogens (primary N) is 1. The maximum atomic E-state index is 5.45. The Balaban J connectivity index is 2.79. The molecule has 12 heavy (non-hydrogen) atoms. The van der Waals surface area contributed by atoms with Crippen molar-refractivity contribution < 1.29 is 0 Å². The Morgan fingerprint density at radius 1 is 1.58 bits per heavy atom. The van der Waals surface area contributed by atoms with E-state index in [4.69, 9.17) is 5.73 Å². The van der Waals surface area contributed by atoms with E-state index in [9.17, 15) is 0 Å². The summed E-state index contributed by atoms with van der Waals surface area (Å²) in [5, 5.41) is 0. The normalized spacial score (nSPS) is 14.3. The highest BCUT2D eigenvalue weighted by Gasteiger charge is 2.02. The third kappa shape index (κ3) is 2.34. The second-order valence-electron chi connectivity index (χ2n) is 2.70. The maximum Gasteiger partial charge on any atom is 0.0913 e. The lowest BCUT2D eigenvalue weighted by Crippen LogP contribution is -2.07. The summed E-state index contributed by atoms with van der Waals surface area (Å²) in [6.45, 7) is 3.75. The molecule has 0 aromatic carbocycles. The Kier molecular flexibility index (Phi) is 2.80. The molecular formula is C9H13N3. The van der Waals surface area contributed by atoms with Gasteiger partial charge in [-0.1, -0.05) is 6.07 Å². The largest absolute Gasteiger partial charge is 0.388 e. The average Bonchev–Trinajstić information content (AvgIpc) is 2.05. The van der Waals surface area contributed by atoms with Crippen molar-refractivity contribution in [2.45, 2.75) is 19.9 Å². The molecule has 1 atom stereocenters. The molecule has 2 N–H and O–H groups in total. The standard InChI is InChI=1S/C9H13N3/c1-7(12-8(2)10)9-5-3-4-6-11-9/h3-7H,1-2H3,(H2,10,12). The fraction of sp³-hybridized carbons (Fsp3) is 0.333. The molecule has 0 aliphatic heterocycles. The minimum atomic E-state index is 0.0520. The van der Waals surface area contributed by atoms with Crippen molar-refractivity contribution in [3.05, 3.63) is 30.1 Å². The summed E-state index contributed by atoms with van der Waals surface area (Å²) in [6, 6.07) is 5.82. The average molecular weight is 163 g/mol. The number of hydrogen-bond acceptors (Lipinski definition) is 2. The van der Waals surface area contributed by atoms with Crippen LogP contribution in [-0.2, 0) is 0 Å². The van der Waals surface area contributed by atoms with Gasteiger partial charge in [0.25, 0.3) is 0 Å². The van der Waals surface area contributed by atoms with Gasteiger partial charge in [-0.05, 0) is 26.0 Å². The van der Waals surface area contributed by atoms with Gasteiger partial charge in [-0.25, -0.2) is 0 Å². The van der Waals surface area contributed by atoms with Crippen LogP contribution in [0.25, 0.3) is 0 Å². The number of aliphatic imine (C=N–C) groups is 1. The van der Waals surface area contributed by atoms with Gasteiger partial charge in [0.15, 0.2) is 0 Å². The SMILES string of the molecule is CC(N)=NC(C)c1ccccn1. The number of aromatic nitrogens is 1. The Labute approximate surface area is 72.3 Å². The maximum absolute atomic E-state index is 5.45. The summed E-state index contributed by atoms with van der Waals surface area (Å²) in [7, 11) is 0. The number of amidine groups is 1. The van der Waals surface area contributed by atoms with Crippen LogP contribution in [0.3, 0.4) is 0 Å². The van der Waals surface area contributed by atoms with Gasteiger partial charge in [0.2, 0.25) is 0 Å². The van der Waals surface area contributed by atoms with E-state index in [2.05, 4.69) is 9.98 Å². The van der Waals surface area contributed by atoms with Crippen molar-refractivity contribution in [2.24, 2.45) is 10.7 Å². The molecule has 0 saturated heterocycles. The number of pyridine rings is 1. The predicted octanol–water partition coefficient (Wildman–Crippen LogP) is 1.52. The quantitative estimate of drug-likeness (QED) is 0.531. The molecule has 1 unspecified atom stereocenters. The highest BCUT2D eigenvalue weighted by molar-refractivity contribution is 5.77. The Morgan fingerprint density at radius 2 is 2.33 bits per heavy atom. The van der Waals surface area contributed by atoms with Crippen molar-refractivity contribution in [3.8, 4) is 0 Å². The van der Waals surface area contributed by atoms with Crippen LogP contribution in [0.15, 0.2) is 29.4 Å². The highest BCUT2D eigenvalue weighted by atomic mass is 14.9. The smallest absolute Gasteiger partial charge is 0.0913 e. The lowest BCUT2D eigenvalue weighted by atomic mass is 10.2. The Hall–Kier alpha value is -1.38. The first kappa shape index (κ1) is 8.71. The first-order valence-corrected chi connectivity index (χ1v) is 3.91. The van der Waals surface area contributed by atoms with E-state index in [1.165, 1.54) is 0 Å². The van der Waals surface area contributed by atoms with Crippen molar-refractivity contribution in [1.82, 2.24) is 4.98 Å². The van der Waals surface area contributed by atoms with Crippen LogP contribution in [0.5, 0.6) is 0 Å². The summed E-state index contributed by atoms with van der Waals surface area (Å²) in [5.41, 5.74) is 6.40. The van der Waals surface area contributed by atoms with E-state index < -0.39 is 0 Å². The van der Waals surface area contributed by atoms with E-state index in [0.717, 1.165) is 5.69 Å². The second kappa shape index (κ2) is 3.85. The summed E-state index contributed by atoms with van der Waals surface area (Å²) in [5.74, 6) is 0.591. The minimum absolute atomic E-state index is 0.0520. The molecular weight excluding hydrogens is 150 g/mol. The van der Waals surface area contributed by atoms with Gasteiger partial charge in [0.05, 0.1) is 17.6 Å². The van der Waals surface area contributed by atoms with Crippen LogP contribution in [-0.4, -0.2) is 10.8 Å². The fourth-order valence-corrected chi connectivity index (χ4v) is 0.995. The zero-order valence-corrected chi connectivity index (χ0v) is 7.36. The van der Waals surface area contributed by atoms with Crippen LogP contribution in [0.2, 0.25) is 0 Å². The van der Waals surface area contributed by atoms with Gasteiger partial charge < -0.3 is 5.73 Å². The van der Waals surface area contributed by atoms with E-state index in [-0.39, 0.29) is 6.04 Å². The molecule has 0 amide bonds. The zero-order valence-electron chi connectivity index (χ0n) is 7.36. The molecule has 0 spiro atoms. The van der Waals surface area contributed by atoms with Crippen LogP contribution >= 0.6 is 0 Å². The molecule has 1 aromatic rings. The molecule has 0 aliphatic rings. The molecule has 0 saturated carbocycles. The molecule has 1 heterocycles. The lowest BCUT2D eigenvalue weighted by molar-refractivity contribution is 0.781. The molecule has 1 aromatic heterocycles. The predicted molar refractivity (Wildman–Crippen MR) is 49.9 cm³/mol. The number of nitrogens with zero attached hydrogens (tertiary/aromatic N) is 2. The summed E-state index contributed by atoms with van der Waals surface area (Å²) in [4.78, 5) is 8.35. The van der Waals surface area contributed by atoms with E-state index in [0.29, 0.717) is 5.84 Å². The van der Waals surface area contributed by atoms with E-state index in [1.807, 2.05) is 25.1 Å². The summed E-state index contributed by atoms with van der Waals surface area (Å²) in [6.07, 6.45) is 1.76. The molecule has 1 rings (SSSR count). The molecule has 64 valence electrons. The van der Waals surface area contributed by atoms with Gasteiger partial charge in [0, 0.05) is 6.20 Å². The van der Waals surface area contributed by atoms with E-state index >= 15 is 0 Å². The Bertz CT molecular complexity index is 262. The second-order valence-corrected chi connectivity index (χ2v) is 2.70. The monoisotopic (exact) mass is 163 g/mol. The minimum Gasteiger partial charge on any atom is -0.388 e. The van der Waals surface area contributed by atoms with Crippen LogP contribution in [0, 0.1) is 0 Å². The topological polar surface area (TPSA) is 51.3 Å². The van der Waals surface area contributed by atoms with Gasteiger partial charge in [-0.2, -0.15) is 0 Å². The highest BCUT2D eigenvalue weighted by Crippen LogP contribution is 2.12. The van der Waals surface area contributed by atoms with Gasteiger partial charge >= 0.3 is 0 Å². The number of rotatable bonds is 2. The summed E-state index contributed by atoms with van der Waals surface area (Å²) >= 11 is 0. The molecule has 0 bridgehead atoms. The van der Waals surface area contributed by atoms with Gasteiger partial charge in [-0.15, -0.1) is 0 Å². The fourth-order valence-electron chi connectivity index (χ4n) is 0.995. The lowest BCUT2D eigenvalue weighted by Gasteiger charge is -2.04. The van der Waals surface area contributed by atoms with Gasteiger partial charge in [-0.3, -0.25) is 9.98 Å². The first-order chi connectivity index (χ1) is 5.70. The number of hydrogen-bond donors (Lipinski definition) is 1. The summed E-state index contributed by atoms with van der Waals surface area (Å²) < 4.78 is 0. The van der Waals surface area contributed by atoms with Crippen LogP contribution in [0.1, 0.15) is 25.6 Å². The Morgan fingerprint density at radius 3 is 2.83 bits per heavy atom.